The normalized spacial score (nSPS) is 19.8. The van der Waals surface area contributed by atoms with Gasteiger partial charge in [0.15, 0.2) is 0 Å². The lowest BCUT2D eigenvalue weighted by molar-refractivity contribution is 0.199. The Kier molecular flexibility index (Phi) is 5.73. The van der Waals surface area contributed by atoms with Crippen LogP contribution >= 0.6 is 0 Å². The molecule has 106 valence electrons. The average Bonchev–Trinajstić information content (AvgIpc) is 2.40. The van der Waals surface area contributed by atoms with Gasteiger partial charge in [-0.05, 0) is 57.8 Å². The Bertz CT molecular complexity index is 374. The minimum Gasteiger partial charge on any atom is -0.316 e. The third-order valence-electron chi connectivity index (χ3n) is 3.67. The van der Waals surface area contributed by atoms with E-state index >= 15 is 0 Å². The van der Waals surface area contributed by atoms with Crippen molar-refractivity contribution in [1.29, 1.82) is 0 Å². The fourth-order valence-corrected chi connectivity index (χ4v) is 2.82. The van der Waals surface area contributed by atoms with Crippen LogP contribution in [0, 0.1) is 12.8 Å². The highest BCUT2D eigenvalue weighted by Gasteiger charge is 2.17. The Morgan fingerprint density at radius 2 is 2.37 bits per heavy atom. The van der Waals surface area contributed by atoms with Crippen LogP contribution in [0.5, 0.6) is 0 Å². The molecule has 1 N–H and O–H groups in total. The second-order valence-corrected chi connectivity index (χ2v) is 5.54. The van der Waals surface area contributed by atoms with Crippen molar-refractivity contribution in [3.8, 4) is 0 Å². The van der Waals surface area contributed by atoms with Crippen molar-refractivity contribution in [2.45, 2.75) is 39.7 Å². The molecule has 4 heteroatoms. The molecule has 0 saturated carbocycles. The van der Waals surface area contributed by atoms with Crippen LogP contribution in [0.25, 0.3) is 0 Å². The molecule has 0 spiro atoms. The first-order valence-corrected chi connectivity index (χ1v) is 7.49. The Morgan fingerprint density at radius 1 is 1.47 bits per heavy atom. The molecule has 0 radical (unpaired) electrons. The topological polar surface area (TPSA) is 41.1 Å². The molecule has 1 unspecified atom stereocenters. The van der Waals surface area contributed by atoms with E-state index in [1.54, 1.807) is 0 Å². The maximum atomic E-state index is 4.52. The molecule has 2 rings (SSSR count). The molecule has 1 saturated heterocycles. The molecule has 4 nitrogen and oxygen atoms in total. The van der Waals surface area contributed by atoms with Crippen LogP contribution in [0.3, 0.4) is 0 Å². The highest BCUT2D eigenvalue weighted by molar-refractivity contribution is 5.01. The zero-order chi connectivity index (χ0) is 13.5. The predicted molar refractivity (Wildman–Crippen MR) is 77.9 cm³/mol. The van der Waals surface area contributed by atoms with E-state index in [1.807, 2.05) is 19.2 Å². The second-order valence-electron chi connectivity index (χ2n) is 5.54. The van der Waals surface area contributed by atoms with Gasteiger partial charge in [0.05, 0.1) is 5.69 Å². The summed E-state index contributed by atoms with van der Waals surface area (Å²) >= 11 is 0. The molecule has 0 aliphatic carbocycles. The Balaban J connectivity index is 1.91. The lowest BCUT2D eigenvalue weighted by Crippen LogP contribution is -2.38. The van der Waals surface area contributed by atoms with E-state index in [0.717, 1.165) is 30.5 Å². The fourth-order valence-electron chi connectivity index (χ4n) is 2.82. The fraction of sp³-hybridized carbons (Fsp3) is 0.733. The summed E-state index contributed by atoms with van der Waals surface area (Å²) < 4.78 is 0. The molecule has 0 aromatic carbocycles. The zero-order valence-electron chi connectivity index (χ0n) is 12.2. The van der Waals surface area contributed by atoms with Gasteiger partial charge in [-0.25, -0.2) is 9.97 Å². The molecule has 19 heavy (non-hydrogen) atoms. The molecule has 2 heterocycles. The monoisotopic (exact) mass is 262 g/mol. The minimum absolute atomic E-state index is 0.795. The molecule has 0 bridgehead atoms. The lowest BCUT2D eigenvalue weighted by atomic mass is 9.99. The standard InChI is InChI=1S/C15H26N4/c1-3-9-19(11-14-5-4-7-16-10-14)12-15-6-8-17-13(2)18-15/h6,8,14,16H,3-5,7,9-12H2,1-2H3. The van der Waals surface area contributed by atoms with E-state index in [9.17, 15) is 0 Å². The van der Waals surface area contributed by atoms with Crippen LogP contribution in [0.1, 0.15) is 37.7 Å². The van der Waals surface area contributed by atoms with E-state index in [2.05, 4.69) is 27.1 Å². The first-order valence-electron chi connectivity index (χ1n) is 7.49. The van der Waals surface area contributed by atoms with Crippen molar-refractivity contribution in [3.63, 3.8) is 0 Å². The molecule has 0 amide bonds. The van der Waals surface area contributed by atoms with Crippen LogP contribution in [0.2, 0.25) is 0 Å². The third-order valence-corrected chi connectivity index (χ3v) is 3.67. The number of rotatable bonds is 6. The summed E-state index contributed by atoms with van der Waals surface area (Å²) in [6.45, 7) is 9.85. The summed E-state index contributed by atoms with van der Waals surface area (Å²) in [5, 5.41) is 3.50. The maximum Gasteiger partial charge on any atom is 0.125 e. The van der Waals surface area contributed by atoms with Crippen LogP contribution in [-0.4, -0.2) is 41.0 Å². The van der Waals surface area contributed by atoms with Crippen molar-refractivity contribution in [2.75, 3.05) is 26.2 Å². The number of aryl methyl sites for hydroxylation is 1. The Hall–Kier alpha value is -1.00. The van der Waals surface area contributed by atoms with E-state index < -0.39 is 0 Å². The van der Waals surface area contributed by atoms with Crippen molar-refractivity contribution in [3.05, 3.63) is 23.8 Å². The number of nitrogens with zero attached hydrogens (tertiary/aromatic N) is 3. The van der Waals surface area contributed by atoms with Crippen molar-refractivity contribution in [1.82, 2.24) is 20.2 Å². The Labute approximate surface area is 116 Å². The molecule has 1 atom stereocenters. The smallest absolute Gasteiger partial charge is 0.125 e. The SMILES string of the molecule is CCCN(Cc1ccnc(C)n1)CC1CCCNC1. The third kappa shape index (κ3) is 4.88. The molecule has 1 fully saturated rings. The number of piperidine rings is 1. The number of aromatic nitrogens is 2. The highest BCUT2D eigenvalue weighted by atomic mass is 15.1. The van der Waals surface area contributed by atoms with Crippen molar-refractivity contribution < 1.29 is 0 Å². The minimum atomic E-state index is 0.795. The average molecular weight is 262 g/mol. The van der Waals surface area contributed by atoms with Gasteiger partial charge in [-0.3, -0.25) is 4.90 Å². The quantitative estimate of drug-likeness (QED) is 0.851. The predicted octanol–water partition coefficient (Wildman–Crippen LogP) is 2.00. The molecule has 1 aliphatic heterocycles. The molecule has 1 aliphatic rings. The van der Waals surface area contributed by atoms with Gasteiger partial charge in [-0.1, -0.05) is 6.92 Å². The van der Waals surface area contributed by atoms with Crippen LogP contribution in [-0.2, 0) is 6.54 Å². The van der Waals surface area contributed by atoms with Crippen LogP contribution in [0.15, 0.2) is 12.3 Å². The summed E-state index contributed by atoms with van der Waals surface area (Å²) in [4.78, 5) is 11.2. The molecular weight excluding hydrogens is 236 g/mol. The second kappa shape index (κ2) is 7.56. The van der Waals surface area contributed by atoms with Gasteiger partial charge in [0.25, 0.3) is 0 Å². The van der Waals surface area contributed by atoms with E-state index in [1.165, 1.54) is 38.9 Å². The first-order chi connectivity index (χ1) is 9.28. The van der Waals surface area contributed by atoms with Crippen LogP contribution in [0.4, 0.5) is 0 Å². The van der Waals surface area contributed by atoms with E-state index in [4.69, 9.17) is 0 Å². The van der Waals surface area contributed by atoms with Gasteiger partial charge >= 0.3 is 0 Å². The summed E-state index contributed by atoms with van der Waals surface area (Å²) in [5.41, 5.74) is 1.14. The number of nitrogens with one attached hydrogen (secondary N) is 1. The van der Waals surface area contributed by atoms with Gasteiger partial charge in [0.1, 0.15) is 5.82 Å². The van der Waals surface area contributed by atoms with Gasteiger partial charge < -0.3 is 5.32 Å². The summed E-state index contributed by atoms with van der Waals surface area (Å²) in [6.07, 6.45) is 5.74. The number of hydrogen-bond donors (Lipinski definition) is 1. The summed E-state index contributed by atoms with van der Waals surface area (Å²) in [7, 11) is 0. The summed E-state index contributed by atoms with van der Waals surface area (Å²) in [6, 6.07) is 2.04. The summed E-state index contributed by atoms with van der Waals surface area (Å²) in [5.74, 6) is 1.66. The van der Waals surface area contributed by atoms with Gasteiger partial charge in [-0.15, -0.1) is 0 Å². The molecular formula is C15H26N4. The first kappa shape index (κ1) is 14.4. The molecule has 1 aromatic rings. The van der Waals surface area contributed by atoms with E-state index in [0.29, 0.717) is 0 Å². The largest absolute Gasteiger partial charge is 0.316 e. The Morgan fingerprint density at radius 3 is 3.05 bits per heavy atom. The van der Waals surface area contributed by atoms with Crippen molar-refractivity contribution >= 4 is 0 Å². The maximum absolute atomic E-state index is 4.52. The highest BCUT2D eigenvalue weighted by Crippen LogP contribution is 2.13. The zero-order valence-corrected chi connectivity index (χ0v) is 12.2. The van der Waals surface area contributed by atoms with E-state index in [-0.39, 0.29) is 0 Å². The molecule has 1 aromatic heterocycles. The number of hydrogen-bond acceptors (Lipinski definition) is 4. The lowest BCUT2D eigenvalue weighted by Gasteiger charge is -2.29. The van der Waals surface area contributed by atoms with Crippen molar-refractivity contribution in [2.24, 2.45) is 5.92 Å². The van der Waals surface area contributed by atoms with Gasteiger partial charge in [-0.2, -0.15) is 0 Å². The van der Waals surface area contributed by atoms with Gasteiger partial charge in [0, 0.05) is 19.3 Å². The van der Waals surface area contributed by atoms with Gasteiger partial charge in [0.2, 0.25) is 0 Å². The van der Waals surface area contributed by atoms with Crippen LogP contribution < -0.4 is 5.32 Å².